The van der Waals surface area contributed by atoms with E-state index in [1.807, 2.05) is 6.07 Å². The lowest BCUT2D eigenvalue weighted by molar-refractivity contribution is 0.0421. The fraction of sp³-hybridized carbons (Fsp3) is 0.214. The molecule has 0 aliphatic heterocycles. The quantitative estimate of drug-likeness (QED) is 0.768. The number of furan rings is 1. The maximum atomic E-state index is 11.9. The number of esters is 2. The van der Waals surface area contributed by atoms with Crippen LogP contribution in [0.3, 0.4) is 0 Å². The van der Waals surface area contributed by atoms with Crippen LogP contribution in [0.2, 0.25) is 0 Å². The van der Waals surface area contributed by atoms with E-state index in [2.05, 4.69) is 15.9 Å². The molecule has 0 amide bonds. The van der Waals surface area contributed by atoms with E-state index in [9.17, 15) is 9.59 Å². The standard InChI is InChI=1S/C14H11BrN2O5S/c1-2-20-14(19)11-8(7(5-16)12(17)23-11)6-21-13(18)9-3-4-10(15)22-9/h3-4H,2,6,17H2,1H3. The topological polar surface area (TPSA) is 116 Å². The second kappa shape index (κ2) is 7.30. The zero-order valence-electron chi connectivity index (χ0n) is 11.9. The Bertz CT molecular complexity index is 790. The summed E-state index contributed by atoms with van der Waals surface area (Å²) >= 11 is 4.00. The summed E-state index contributed by atoms with van der Waals surface area (Å²) in [4.78, 5) is 24.0. The van der Waals surface area contributed by atoms with E-state index in [4.69, 9.17) is 24.9 Å². The molecule has 0 aromatic carbocycles. The fourth-order valence-electron chi connectivity index (χ4n) is 1.74. The maximum absolute atomic E-state index is 11.9. The van der Waals surface area contributed by atoms with Gasteiger partial charge in [-0.05, 0) is 35.0 Å². The van der Waals surface area contributed by atoms with Gasteiger partial charge in [-0.1, -0.05) is 0 Å². The summed E-state index contributed by atoms with van der Waals surface area (Å²) < 4.78 is 15.5. The minimum Gasteiger partial charge on any atom is -0.462 e. The van der Waals surface area contributed by atoms with Gasteiger partial charge < -0.3 is 19.6 Å². The molecule has 9 heteroatoms. The Morgan fingerprint density at radius 3 is 2.70 bits per heavy atom. The number of nitrogen functional groups attached to an aromatic ring is 1. The molecule has 2 rings (SSSR count). The highest BCUT2D eigenvalue weighted by Crippen LogP contribution is 2.32. The Morgan fingerprint density at radius 2 is 2.13 bits per heavy atom. The number of thiophene rings is 1. The van der Waals surface area contributed by atoms with Gasteiger partial charge in [0.15, 0.2) is 4.67 Å². The summed E-state index contributed by atoms with van der Waals surface area (Å²) in [6, 6.07) is 4.89. The van der Waals surface area contributed by atoms with Crippen molar-refractivity contribution < 1.29 is 23.5 Å². The van der Waals surface area contributed by atoms with Crippen molar-refractivity contribution in [1.82, 2.24) is 0 Å². The van der Waals surface area contributed by atoms with Gasteiger partial charge >= 0.3 is 11.9 Å². The summed E-state index contributed by atoms with van der Waals surface area (Å²) in [7, 11) is 0. The van der Waals surface area contributed by atoms with Crippen LogP contribution in [0.5, 0.6) is 0 Å². The number of hydrogen-bond donors (Lipinski definition) is 1. The Balaban J connectivity index is 2.23. The number of rotatable bonds is 5. The normalized spacial score (nSPS) is 10.1. The Hall–Kier alpha value is -2.31. The average Bonchev–Trinajstić information content (AvgIpc) is 3.08. The van der Waals surface area contributed by atoms with Crippen molar-refractivity contribution in [3.05, 3.63) is 38.6 Å². The summed E-state index contributed by atoms with van der Waals surface area (Å²) in [6.45, 7) is 1.55. The van der Waals surface area contributed by atoms with Crippen LogP contribution in [0.15, 0.2) is 21.2 Å². The first-order valence-corrected chi connectivity index (χ1v) is 7.99. The Labute approximate surface area is 143 Å². The minimum absolute atomic E-state index is 0.00345. The van der Waals surface area contributed by atoms with E-state index in [0.717, 1.165) is 11.3 Å². The first kappa shape index (κ1) is 17.1. The third-order valence-electron chi connectivity index (χ3n) is 2.73. The first-order valence-electron chi connectivity index (χ1n) is 6.38. The number of hydrogen-bond acceptors (Lipinski definition) is 8. The van der Waals surface area contributed by atoms with E-state index in [1.165, 1.54) is 6.07 Å². The van der Waals surface area contributed by atoms with Crippen molar-refractivity contribution >= 4 is 44.2 Å². The monoisotopic (exact) mass is 398 g/mol. The van der Waals surface area contributed by atoms with Crippen LogP contribution in [-0.2, 0) is 16.1 Å². The van der Waals surface area contributed by atoms with Crippen LogP contribution in [0.1, 0.15) is 38.3 Å². The summed E-state index contributed by atoms with van der Waals surface area (Å²) in [5.74, 6) is -1.34. The lowest BCUT2D eigenvalue weighted by atomic mass is 10.1. The molecular formula is C14H11BrN2O5S. The molecule has 120 valence electrons. The van der Waals surface area contributed by atoms with Gasteiger partial charge in [-0.3, -0.25) is 0 Å². The molecule has 0 fully saturated rings. The van der Waals surface area contributed by atoms with E-state index in [1.54, 1.807) is 13.0 Å². The molecule has 0 atom stereocenters. The van der Waals surface area contributed by atoms with Crippen LogP contribution in [0.25, 0.3) is 0 Å². The smallest absolute Gasteiger partial charge is 0.374 e. The molecule has 0 bridgehead atoms. The van der Waals surface area contributed by atoms with Gasteiger partial charge in [0.05, 0.1) is 12.2 Å². The van der Waals surface area contributed by atoms with Gasteiger partial charge in [0.25, 0.3) is 0 Å². The second-order valence-electron chi connectivity index (χ2n) is 4.16. The number of nitriles is 1. The molecule has 0 aliphatic rings. The van der Waals surface area contributed by atoms with E-state index < -0.39 is 11.9 Å². The molecule has 0 aliphatic carbocycles. The van der Waals surface area contributed by atoms with E-state index >= 15 is 0 Å². The molecule has 23 heavy (non-hydrogen) atoms. The molecule has 2 N–H and O–H groups in total. The van der Waals surface area contributed by atoms with Crippen LogP contribution >= 0.6 is 27.3 Å². The number of anilines is 1. The third-order valence-corrected chi connectivity index (χ3v) is 4.20. The second-order valence-corrected chi connectivity index (χ2v) is 5.99. The van der Waals surface area contributed by atoms with Crippen molar-refractivity contribution in [2.24, 2.45) is 0 Å². The van der Waals surface area contributed by atoms with Crippen LogP contribution < -0.4 is 5.73 Å². The predicted molar refractivity (Wildman–Crippen MR) is 84.9 cm³/mol. The summed E-state index contributed by atoms with van der Waals surface area (Å²) in [5.41, 5.74) is 6.06. The molecule has 0 unspecified atom stereocenters. The van der Waals surface area contributed by atoms with Crippen molar-refractivity contribution in [3.8, 4) is 6.07 Å². The van der Waals surface area contributed by atoms with Crippen molar-refractivity contribution in [2.75, 3.05) is 12.3 Å². The fourth-order valence-corrected chi connectivity index (χ4v) is 2.96. The SMILES string of the molecule is CCOC(=O)c1sc(N)c(C#N)c1COC(=O)c1ccc(Br)o1. The lowest BCUT2D eigenvalue weighted by Gasteiger charge is -2.05. The number of nitrogens with zero attached hydrogens (tertiary/aromatic N) is 1. The van der Waals surface area contributed by atoms with E-state index in [-0.39, 0.29) is 40.0 Å². The third kappa shape index (κ3) is 3.72. The Kier molecular flexibility index (Phi) is 5.41. The van der Waals surface area contributed by atoms with Crippen LogP contribution in [0.4, 0.5) is 5.00 Å². The molecule has 2 aromatic heterocycles. The summed E-state index contributed by atoms with van der Waals surface area (Å²) in [5, 5.41) is 9.34. The van der Waals surface area contributed by atoms with Gasteiger partial charge in [-0.15, -0.1) is 11.3 Å². The maximum Gasteiger partial charge on any atom is 0.374 e. The highest BCUT2D eigenvalue weighted by Gasteiger charge is 2.24. The largest absolute Gasteiger partial charge is 0.462 e. The molecular weight excluding hydrogens is 388 g/mol. The number of carbonyl (C=O) groups excluding carboxylic acids is 2. The van der Waals surface area contributed by atoms with Gasteiger partial charge in [-0.2, -0.15) is 5.26 Å². The predicted octanol–water partition coefficient (Wildman–Crippen LogP) is 3.09. The van der Waals surface area contributed by atoms with Crippen LogP contribution in [0, 0.1) is 11.3 Å². The summed E-state index contributed by atoms with van der Waals surface area (Å²) in [6.07, 6.45) is 0. The molecule has 2 aromatic rings. The highest BCUT2D eigenvalue weighted by molar-refractivity contribution is 9.10. The number of ether oxygens (including phenoxy) is 2. The minimum atomic E-state index is -0.723. The van der Waals surface area contributed by atoms with Crippen molar-refractivity contribution in [3.63, 3.8) is 0 Å². The number of halogens is 1. The number of carbonyl (C=O) groups is 2. The van der Waals surface area contributed by atoms with E-state index in [0.29, 0.717) is 4.67 Å². The molecule has 0 radical (unpaired) electrons. The molecule has 7 nitrogen and oxygen atoms in total. The zero-order valence-corrected chi connectivity index (χ0v) is 14.3. The zero-order chi connectivity index (χ0) is 17.0. The molecule has 0 saturated carbocycles. The Morgan fingerprint density at radius 1 is 1.39 bits per heavy atom. The van der Waals surface area contributed by atoms with Crippen molar-refractivity contribution in [1.29, 1.82) is 5.26 Å². The molecule has 0 saturated heterocycles. The lowest BCUT2D eigenvalue weighted by Crippen LogP contribution is -2.09. The molecule has 0 spiro atoms. The first-order chi connectivity index (χ1) is 11.0. The van der Waals surface area contributed by atoms with Gasteiger partial charge in [-0.25, -0.2) is 9.59 Å². The van der Waals surface area contributed by atoms with Gasteiger partial charge in [0.2, 0.25) is 5.76 Å². The van der Waals surface area contributed by atoms with Gasteiger partial charge in [0, 0.05) is 5.56 Å². The highest BCUT2D eigenvalue weighted by atomic mass is 79.9. The molecule has 2 heterocycles. The van der Waals surface area contributed by atoms with Crippen LogP contribution in [-0.4, -0.2) is 18.5 Å². The number of nitrogens with two attached hydrogens (primary N) is 1. The van der Waals surface area contributed by atoms with Crippen molar-refractivity contribution in [2.45, 2.75) is 13.5 Å². The van der Waals surface area contributed by atoms with Gasteiger partial charge in [0.1, 0.15) is 22.6 Å². The average molecular weight is 399 g/mol.